The fourth-order valence-corrected chi connectivity index (χ4v) is 2.09. The lowest BCUT2D eigenvalue weighted by Gasteiger charge is -2.06. The smallest absolute Gasteiger partial charge is 0.276 e. The Bertz CT molecular complexity index is 762. The zero-order valence-corrected chi connectivity index (χ0v) is 12.7. The average Bonchev–Trinajstić information content (AvgIpc) is 3.22. The van der Waals surface area contributed by atoms with Crippen LogP contribution < -0.4 is 10.1 Å². The molecule has 2 aromatic heterocycles. The average molecular weight is 311 g/mol. The van der Waals surface area contributed by atoms with E-state index in [0.717, 1.165) is 5.75 Å². The summed E-state index contributed by atoms with van der Waals surface area (Å²) < 4.78 is 8.74. The maximum absolute atomic E-state index is 12.2. The summed E-state index contributed by atoms with van der Waals surface area (Å²) in [6.45, 7) is 3.00. The predicted octanol–water partition coefficient (Wildman–Crippen LogP) is 2.24. The van der Waals surface area contributed by atoms with Gasteiger partial charge in [0.25, 0.3) is 5.91 Å². The second kappa shape index (κ2) is 6.78. The summed E-state index contributed by atoms with van der Waals surface area (Å²) in [5.74, 6) is 0.516. The molecule has 0 aliphatic carbocycles. The third kappa shape index (κ3) is 3.76. The van der Waals surface area contributed by atoms with Crippen LogP contribution in [0, 0.1) is 0 Å². The summed E-state index contributed by atoms with van der Waals surface area (Å²) in [4.78, 5) is 12.2. The van der Waals surface area contributed by atoms with Crippen LogP contribution in [-0.2, 0) is 6.67 Å². The number of nitrogens with one attached hydrogen (secondary N) is 1. The minimum absolute atomic E-state index is 0.256. The molecule has 0 bridgehead atoms. The Kier molecular flexibility index (Phi) is 4.37. The van der Waals surface area contributed by atoms with E-state index in [-0.39, 0.29) is 5.91 Å². The van der Waals surface area contributed by atoms with Crippen molar-refractivity contribution in [3.63, 3.8) is 0 Å². The highest BCUT2D eigenvalue weighted by molar-refractivity contribution is 6.02. The minimum atomic E-state index is -0.256. The topological polar surface area (TPSA) is 74.0 Å². The van der Waals surface area contributed by atoms with E-state index in [1.807, 2.05) is 31.3 Å². The fourth-order valence-electron chi connectivity index (χ4n) is 2.09. The van der Waals surface area contributed by atoms with Crippen molar-refractivity contribution < 1.29 is 9.53 Å². The number of hydrogen-bond donors (Lipinski definition) is 1. The van der Waals surface area contributed by atoms with Crippen LogP contribution in [0.1, 0.15) is 17.4 Å². The van der Waals surface area contributed by atoms with Crippen molar-refractivity contribution in [1.29, 1.82) is 0 Å². The van der Waals surface area contributed by atoms with Crippen molar-refractivity contribution in [3.8, 4) is 5.75 Å². The van der Waals surface area contributed by atoms with Gasteiger partial charge in [0.05, 0.1) is 6.61 Å². The van der Waals surface area contributed by atoms with Crippen LogP contribution in [0.2, 0.25) is 0 Å². The van der Waals surface area contributed by atoms with Crippen LogP contribution in [0.3, 0.4) is 0 Å². The maximum atomic E-state index is 12.2. The van der Waals surface area contributed by atoms with Gasteiger partial charge in [-0.15, -0.1) is 0 Å². The monoisotopic (exact) mass is 311 g/mol. The summed E-state index contributed by atoms with van der Waals surface area (Å²) in [5, 5.41) is 11.2. The first kappa shape index (κ1) is 14.8. The number of hydrogen-bond acceptors (Lipinski definition) is 4. The summed E-state index contributed by atoms with van der Waals surface area (Å²) in [6.07, 6.45) is 5.28. The molecule has 1 amide bonds. The van der Waals surface area contributed by atoms with E-state index in [0.29, 0.717) is 24.7 Å². The molecule has 0 aliphatic heterocycles. The summed E-state index contributed by atoms with van der Waals surface area (Å²) >= 11 is 0. The molecule has 3 aromatic rings. The third-order valence-corrected chi connectivity index (χ3v) is 3.15. The third-order valence-electron chi connectivity index (χ3n) is 3.15. The van der Waals surface area contributed by atoms with Crippen molar-refractivity contribution in [1.82, 2.24) is 19.6 Å². The molecule has 0 unspecified atom stereocenters. The van der Waals surface area contributed by atoms with E-state index in [4.69, 9.17) is 4.74 Å². The zero-order valence-electron chi connectivity index (χ0n) is 12.7. The molecule has 0 radical (unpaired) electrons. The minimum Gasteiger partial charge on any atom is -0.494 e. The van der Waals surface area contributed by atoms with Crippen LogP contribution in [-0.4, -0.2) is 32.1 Å². The Morgan fingerprint density at radius 2 is 2.00 bits per heavy atom. The van der Waals surface area contributed by atoms with Crippen LogP contribution in [0.4, 0.5) is 5.69 Å². The van der Waals surface area contributed by atoms with Crippen molar-refractivity contribution in [3.05, 3.63) is 60.7 Å². The largest absolute Gasteiger partial charge is 0.494 e. The predicted molar refractivity (Wildman–Crippen MR) is 85.4 cm³/mol. The molecule has 7 nitrogen and oxygen atoms in total. The van der Waals surface area contributed by atoms with Gasteiger partial charge in [-0.1, -0.05) is 0 Å². The van der Waals surface area contributed by atoms with Crippen molar-refractivity contribution in [2.45, 2.75) is 13.6 Å². The van der Waals surface area contributed by atoms with Gasteiger partial charge in [-0.3, -0.25) is 14.2 Å². The quantitative estimate of drug-likeness (QED) is 0.757. The van der Waals surface area contributed by atoms with Crippen LogP contribution >= 0.6 is 0 Å². The summed E-state index contributed by atoms with van der Waals surface area (Å²) in [7, 11) is 0. The molecule has 3 rings (SSSR count). The first-order chi connectivity index (χ1) is 11.2. The Morgan fingerprint density at radius 3 is 2.70 bits per heavy atom. The first-order valence-electron chi connectivity index (χ1n) is 7.29. The number of carbonyl (C=O) groups excluding carboxylic acids is 1. The normalized spacial score (nSPS) is 10.5. The van der Waals surface area contributed by atoms with Gasteiger partial charge in [0.2, 0.25) is 0 Å². The van der Waals surface area contributed by atoms with Gasteiger partial charge >= 0.3 is 0 Å². The van der Waals surface area contributed by atoms with E-state index in [2.05, 4.69) is 15.5 Å². The molecule has 0 fully saturated rings. The Hall–Kier alpha value is -3.09. The standard InChI is InChI=1S/C16H17N5O2/c1-2-23-14-6-4-13(5-7-14)18-16(22)15-8-11-21(19-15)12-20-10-3-9-17-20/h3-11H,2,12H2,1H3,(H,18,22). The summed E-state index contributed by atoms with van der Waals surface area (Å²) in [5.41, 5.74) is 1.05. The lowest BCUT2D eigenvalue weighted by molar-refractivity contribution is 0.102. The van der Waals surface area contributed by atoms with E-state index in [1.54, 1.807) is 40.0 Å². The van der Waals surface area contributed by atoms with E-state index in [1.165, 1.54) is 0 Å². The molecule has 0 atom stereocenters. The second-order valence-corrected chi connectivity index (χ2v) is 4.84. The molecule has 0 saturated carbocycles. The van der Waals surface area contributed by atoms with E-state index >= 15 is 0 Å². The van der Waals surface area contributed by atoms with Crippen molar-refractivity contribution in [2.75, 3.05) is 11.9 Å². The zero-order chi connectivity index (χ0) is 16.1. The SMILES string of the molecule is CCOc1ccc(NC(=O)c2ccn(Cn3cccn3)n2)cc1. The number of carbonyl (C=O) groups is 1. The van der Waals surface area contributed by atoms with Crippen molar-refractivity contribution in [2.24, 2.45) is 0 Å². The van der Waals surface area contributed by atoms with Gasteiger partial charge in [0.15, 0.2) is 5.69 Å². The highest BCUT2D eigenvalue weighted by Gasteiger charge is 2.10. The molecule has 7 heteroatoms. The van der Waals surface area contributed by atoms with Gasteiger partial charge < -0.3 is 10.1 Å². The number of benzene rings is 1. The van der Waals surface area contributed by atoms with E-state index < -0.39 is 0 Å². The Morgan fingerprint density at radius 1 is 1.17 bits per heavy atom. The highest BCUT2D eigenvalue weighted by Crippen LogP contribution is 2.16. The van der Waals surface area contributed by atoms with Gasteiger partial charge in [0.1, 0.15) is 12.4 Å². The molecule has 0 spiro atoms. The Labute approximate surface area is 133 Å². The van der Waals surface area contributed by atoms with Gasteiger partial charge in [-0.05, 0) is 43.3 Å². The van der Waals surface area contributed by atoms with Gasteiger partial charge in [-0.2, -0.15) is 10.2 Å². The van der Waals surface area contributed by atoms with Crippen LogP contribution in [0.5, 0.6) is 5.75 Å². The highest BCUT2D eigenvalue weighted by atomic mass is 16.5. The number of anilines is 1. The van der Waals surface area contributed by atoms with Crippen LogP contribution in [0.15, 0.2) is 55.0 Å². The number of amides is 1. The molecule has 1 aromatic carbocycles. The molecule has 1 N–H and O–H groups in total. The second-order valence-electron chi connectivity index (χ2n) is 4.84. The maximum Gasteiger partial charge on any atom is 0.276 e. The molecule has 0 saturated heterocycles. The summed E-state index contributed by atoms with van der Waals surface area (Å²) in [6, 6.07) is 10.7. The lowest BCUT2D eigenvalue weighted by atomic mass is 10.3. The molecular formula is C16H17N5O2. The lowest BCUT2D eigenvalue weighted by Crippen LogP contribution is -2.14. The number of nitrogens with zero attached hydrogens (tertiary/aromatic N) is 4. The number of ether oxygens (including phenoxy) is 1. The number of rotatable bonds is 6. The van der Waals surface area contributed by atoms with E-state index in [9.17, 15) is 4.79 Å². The fraction of sp³-hybridized carbons (Fsp3) is 0.188. The molecular weight excluding hydrogens is 294 g/mol. The number of aromatic nitrogens is 4. The Balaban J connectivity index is 1.62. The molecule has 2 heterocycles. The molecule has 0 aliphatic rings. The van der Waals surface area contributed by atoms with Gasteiger partial charge in [-0.25, -0.2) is 0 Å². The van der Waals surface area contributed by atoms with Gasteiger partial charge in [0, 0.05) is 24.3 Å². The van der Waals surface area contributed by atoms with Crippen LogP contribution in [0.25, 0.3) is 0 Å². The molecule has 23 heavy (non-hydrogen) atoms. The van der Waals surface area contributed by atoms with Crippen molar-refractivity contribution >= 4 is 11.6 Å². The molecule has 118 valence electrons. The first-order valence-corrected chi connectivity index (χ1v) is 7.29.